The number of morpholine rings is 1. The van der Waals surface area contributed by atoms with Crippen LogP contribution in [0.3, 0.4) is 0 Å². The van der Waals surface area contributed by atoms with E-state index in [1.165, 1.54) is 16.3 Å². The maximum absolute atomic E-state index is 13.0. The Hall–Kier alpha value is -3.68. The van der Waals surface area contributed by atoms with Crippen LogP contribution in [0.1, 0.15) is 11.4 Å². The predicted molar refractivity (Wildman–Crippen MR) is 130 cm³/mol. The first-order chi connectivity index (χ1) is 16.7. The number of anilines is 1. The average molecular weight is 474 g/mol. The Morgan fingerprint density at radius 1 is 1.00 bits per heavy atom. The van der Waals surface area contributed by atoms with Gasteiger partial charge in [-0.25, -0.2) is 4.98 Å². The first-order valence-electron chi connectivity index (χ1n) is 11.0. The molecule has 3 heterocycles. The number of hydrogen-bond acceptors (Lipinski definition) is 8. The van der Waals surface area contributed by atoms with E-state index in [9.17, 15) is 10.1 Å². The molecule has 10 heteroatoms. The van der Waals surface area contributed by atoms with Gasteiger partial charge < -0.3 is 9.64 Å². The van der Waals surface area contributed by atoms with Gasteiger partial charge in [-0.1, -0.05) is 54.2 Å². The van der Waals surface area contributed by atoms with Gasteiger partial charge >= 0.3 is 0 Å². The topological polar surface area (TPSA) is 102 Å². The summed E-state index contributed by atoms with van der Waals surface area (Å²) in [7, 11) is 0. The number of para-hydroxylation sites is 1. The zero-order chi connectivity index (χ0) is 23.3. The third-order valence-electron chi connectivity index (χ3n) is 5.67. The fraction of sp³-hybridized carbons (Fsp3) is 0.292. The molecule has 2 aromatic carbocycles. The van der Waals surface area contributed by atoms with Gasteiger partial charge in [-0.05, 0) is 17.7 Å². The van der Waals surface area contributed by atoms with Gasteiger partial charge in [0.1, 0.15) is 12.4 Å². The quantitative estimate of drug-likeness (QED) is 0.378. The van der Waals surface area contributed by atoms with Crippen molar-refractivity contribution in [2.75, 3.05) is 31.2 Å². The lowest BCUT2D eigenvalue weighted by molar-refractivity contribution is 0.121. The van der Waals surface area contributed by atoms with Crippen LogP contribution in [0.2, 0.25) is 0 Å². The summed E-state index contributed by atoms with van der Waals surface area (Å²) in [4.78, 5) is 19.9. The number of ether oxygens (including phenoxy) is 1. The summed E-state index contributed by atoms with van der Waals surface area (Å²) < 4.78 is 9.04. The summed E-state index contributed by atoms with van der Waals surface area (Å²) >= 11 is 1.46. The van der Waals surface area contributed by atoms with Crippen molar-refractivity contribution in [3.05, 3.63) is 76.3 Å². The van der Waals surface area contributed by atoms with Crippen molar-refractivity contribution >= 4 is 28.6 Å². The average Bonchev–Trinajstić information content (AvgIpc) is 3.28. The summed E-state index contributed by atoms with van der Waals surface area (Å²) in [5.74, 6) is 1.73. The van der Waals surface area contributed by atoms with Crippen LogP contribution in [0.25, 0.3) is 10.9 Å². The lowest BCUT2D eigenvalue weighted by atomic mass is 10.2. The number of nitriles is 1. The fourth-order valence-corrected chi connectivity index (χ4v) is 4.86. The van der Waals surface area contributed by atoms with Crippen molar-refractivity contribution < 1.29 is 4.74 Å². The Morgan fingerprint density at radius 2 is 1.76 bits per heavy atom. The van der Waals surface area contributed by atoms with Crippen molar-refractivity contribution in [2.45, 2.75) is 24.0 Å². The molecule has 1 aliphatic rings. The monoisotopic (exact) mass is 473 g/mol. The minimum absolute atomic E-state index is 0.0533. The SMILES string of the molecule is N#CCn1c(CSc2nnc(N3CCOCC3)n2Cc2ccccc2)nc2ccccc2c1=O. The van der Waals surface area contributed by atoms with E-state index < -0.39 is 0 Å². The van der Waals surface area contributed by atoms with Crippen LogP contribution in [0, 0.1) is 11.3 Å². The smallest absolute Gasteiger partial charge is 0.262 e. The number of benzene rings is 2. The third kappa shape index (κ3) is 4.53. The van der Waals surface area contributed by atoms with Gasteiger partial charge in [0.2, 0.25) is 5.95 Å². The van der Waals surface area contributed by atoms with Gasteiger partial charge in [0.15, 0.2) is 5.16 Å². The van der Waals surface area contributed by atoms with Gasteiger partial charge in [0.25, 0.3) is 5.56 Å². The minimum Gasteiger partial charge on any atom is -0.378 e. The number of aromatic nitrogens is 5. The van der Waals surface area contributed by atoms with E-state index in [0.29, 0.717) is 42.2 Å². The standard InChI is InChI=1S/C24H23N7O2S/c25-10-11-30-21(26-20-9-5-4-8-19(20)22(30)32)17-34-24-28-27-23(29-12-14-33-15-13-29)31(24)16-18-6-2-1-3-7-18/h1-9H,11-17H2. The van der Waals surface area contributed by atoms with Crippen LogP contribution >= 0.6 is 11.8 Å². The predicted octanol–water partition coefficient (Wildman–Crippen LogP) is 2.69. The molecule has 4 aromatic rings. The lowest BCUT2D eigenvalue weighted by Crippen LogP contribution is -2.38. The molecule has 34 heavy (non-hydrogen) atoms. The number of rotatable bonds is 7. The Morgan fingerprint density at radius 3 is 2.56 bits per heavy atom. The zero-order valence-electron chi connectivity index (χ0n) is 18.5. The van der Waals surface area contributed by atoms with E-state index >= 15 is 0 Å². The molecule has 0 aliphatic carbocycles. The highest BCUT2D eigenvalue weighted by atomic mass is 32.2. The van der Waals surface area contributed by atoms with E-state index in [1.54, 1.807) is 12.1 Å². The molecule has 0 saturated carbocycles. The number of nitrogens with zero attached hydrogens (tertiary/aromatic N) is 7. The molecule has 2 aromatic heterocycles. The Labute approximate surface area is 200 Å². The van der Waals surface area contributed by atoms with Crippen LogP contribution in [0.4, 0.5) is 5.95 Å². The lowest BCUT2D eigenvalue weighted by Gasteiger charge is -2.28. The van der Waals surface area contributed by atoms with Gasteiger partial charge in [0, 0.05) is 13.1 Å². The van der Waals surface area contributed by atoms with Crippen LogP contribution < -0.4 is 10.5 Å². The van der Waals surface area contributed by atoms with Crippen LogP contribution in [-0.2, 0) is 23.6 Å². The summed E-state index contributed by atoms with van der Waals surface area (Å²) in [6, 6.07) is 19.5. The van der Waals surface area contributed by atoms with Crippen LogP contribution in [0.15, 0.2) is 64.5 Å². The molecule has 0 unspecified atom stereocenters. The molecular weight excluding hydrogens is 450 g/mol. The zero-order valence-corrected chi connectivity index (χ0v) is 19.3. The second kappa shape index (κ2) is 10.1. The molecule has 1 fully saturated rings. The van der Waals surface area contributed by atoms with E-state index in [0.717, 1.165) is 29.8 Å². The normalized spacial score (nSPS) is 13.8. The highest BCUT2D eigenvalue weighted by molar-refractivity contribution is 7.98. The molecule has 0 atom stereocenters. The molecule has 0 N–H and O–H groups in total. The highest BCUT2D eigenvalue weighted by Crippen LogP contribution is 2.26. The molecule has 9 nitrogen and oxygen atoms in total. The molecule has 0 spiro atoms. The summed E-state index contributed by atoms with van der Waals surface area (Å²) in [6.07, 6.45) is 0. The Bertz CT molecular complexity index is 1390. The molecule has 0 radical (unpaired) electrons. The van der Waals surface area contributed by atoms with Gasteiger partial charge in [-0.2, -0.15) is 5.26 Å². The summed E-state index contributed by atoms with van der Waals surface area (Å²) in [6.45, 7) is 3.39. The molecule has 0 bridgehead atoms. The van der Waals surface area contributed by atoms with E-state index in [-0.39, 0.29) is 12.1 Å². The van der Waals surface area contributed by atoms with E-state index in [2.05, 4.69) is 42.9 Å². The van der Waals surface area contributed by atoms with Crippen molar-refractivity contribution in [3.8, 4) is 6.07 Å². The van der Waals surface area contributed by atoms with Gasteiger partial charge in [-0.15, -0.1) is 10.2 Å². The maximum Gasteiger partial charge on any atom is 0.262 e. The van der Waals surface area contributed by atoms with Crippen LogP contribution in [-0.4, -0.2) is 50.6 Å². The summed E-state index contributed by atoms with van der Waals surface area (Å²) in [5.41, 5.74) is 1.56. The third-order valence-corrected chi connectivity index (χ3v) is 6.64. The molecule has 172 valence electrons. The number of thioether (sulfide) groups is 1. The van der Waals surface area contributed by atoms with Crippen molar-refractivity contribution in [1.82, 2.24) is 24.3 Å². The highest BCUT2D eigenvalue weighted by Gasteiger charge is 2.21. The largest absolute Gasteiger partial charge is 0.378 e. The molecule has 1 aliphatic heterocycles. The van der Waals surface area contributed by atoms with Gasteiger partial charge in [0.05, 0.1) is 42.5 Å². The molecule has 1 saturated heterocycles. The second-order valence-corrected chi connectivity index (χ2v) is 8.78. The minimum atomic E-state index is -0.206. The number of hydrogen-bond donors (Lipinski definition) is 0. The van der Waals surface area contributed by atoms with Crippen molar-refractivity contribution in [1.29, 1.82) is 5.26 Å². The van der Waals surface area contributed by atoms with E-state index in [1.807, 2.05) is 30.3 Å². The Kier molecular flexibility index (Phi) is 6.56. The van der Waals surface area contributed by atoms with Crippen LogP contribution in [0.5, 0.6) is 0 Å². The summed E-state index contributed by atoms with van der Waals surface area (Å²) in [5, 5.41) is 19.5. The Balaban J connectivity index is 1.48. The second-order valence-electron chi connectivity index (χ2n) is 7.84. The maximum atomic E-state index is 13.0. The van der Waals surface area contributed by atoms with Crippen molar-refractivity contribution in [3.63, 3.8) is 0 Å². The fourth-order valence-electron chi connectivity index (χ4n) is 3.98. The van der Waals surface area contributed by atoms with Gasteiger partial charge in [-0.3, -0.25) is 13.9 Å². The van der Waals surface area contributed by atoms with Crippen molar-refractivity contribution in [2.24, 2.45) is 0 Å². The van der Waals surface area contributed by atoms with E-state index in [4.69, 9.17) is 4.74 Å². The first kappa shape index (κ1) is 22.1. The molecule has 0 amide bonds. The first-order valence-corrected chi connectivity index (χ1v) is 12.0. The molecular formula is C24H23N7O2S. The molecule has 5 rings (SSSR count). The number of fused-ring (bicyclic) bond motifs is 1.